The minimum Gasteiger partial charge on any atom is -0.480 e. The van der Waals surface area contributed by atoms with Crippen LogP contribution in [-0.2, 0) is 4.79 Å². The molecule has 2 amide bonds. The van der Waals surface area contributed by atoms with Gasteiger partial charge in [0.05, 0.1) is 10.0 Å². The molecule has 0 aliphatic rings. The normalized spacial score (nSPS) is 11.7. The molecular weight excluding hydrogens is 459 g/mol. The van der Waals surface area contributed by atoms with Gasteiger partial charge in [-0.1, -0.05) is 30.3 Å². The van der Waals surface area contributed by atoms with Gasteiger partial charge in [-0.15, -0.1) is 11.3 Å². The smallest absolute Gasteiger partial charge is 0.265 e. The molecule has 0 aliphatic carbocycles. The highest BCUT2D eigenvalue weighted by Crippen LogP contribution is 2.39. The predicted molar refractivity (Wildman–Crippen MR) is 116 cm³/mol. The molecule has 1 atom stereocenters. The molecule has 1 aromatic heterocycles. The number of carbonyl (C=O) groups excluding carboxylic acids is 2. The number of thiophene rings is 1. The lowest BCUT2D eigenvalue weighted by molar-refractivity contribution is -0.122. The fraction of sp³-hybridized carbons (Fsp3) is 0.143. The highest BCUT2D eigenvalue weighted by molar-refractivity contribution is 9.10. The van der Waals surface area contributed by atoms with Crippen LogP contribution in [0.2, 0.25) is 0 Å². The monoisotopic (exact) mass is 476 g/mol. The van der Waals surface area contributed by atoms with Crippen LogP contribution in [0.1, 0.15) is 22.2 Å². The second-order valence-electron chi connectivity index (χ2n) is 6.29. The molecule has 0 radical (unpaired) electrons. The van der Waals surface area contributed by atoms with Gasteiger partial charge in [-0.05, 0) is 53.5 Å². The lowest BCUT2D eigenvalue weighted by atomic mass is 10.0. The minimum absolute atomic E-state index is 0.266. The summed E-state index contributed by atoms with van der Waals surface area (Å²) in [5.74, 6) is -1.17. The molecule has 8 heteroatoms. The van der Waals surface area contributed by atoms with Crippen LogP contribution in [0.3, 0.4) is 0 Å². The van der Waals surface area contributed by atoms with E-state index in [-0.39, 0.29) is 5.56 Å². The van der Waals surface area contributed by atoms with Gasteiger partial charge in [0, 0.05) is 10.4 Å². The molecule has 0 saturated carbocycles. The summed E-state index contributed by atoms with van der Waals surface area (Å²) < 4.78 is 19.2. The average Bonchev–Trinajstić information content (AvgIpc) is 3.00. The first-order valence-electron chi connectivity index (χ1n) is 8.69. The number of anilines is 1. The SMILES string of the molecule is Cc1sc(NC(=O)C(C)Oc2ccc(F)cc2Br)c(C(N)=O)c1-c1ccccc1. The molecule has 0 saturated heterocycles. The number of carbonyl (C=O) groups is 2. The maximum atomic E-state index is 13.2. The first kappa shape index (κ1) is 21.0. The Balaban J connectivity index is 1.86. The van der Waals surface area contributed by atoms with E-state index in [4.69, 9.17) is 10.5 Å². The third-order valence-electron chi connectivity index (χ3n) is 4.20. The first-order chi connectivity index (χ1) is 13.8. The summed E-state index contributed by atoms with van der Waals surface area (Å²) in [5, 5.41) is 3.11. The van der Waals surface area contributed by atoms with Gasteiger partial charge in [0.2, 0.25) is 0 Å². The van der Waals surface area contributed by atoms with Crippen LogP contribution >= 0.6 is 27.3 Å². The van der Waals surface area contributed by atoms with E-state index in [1.807, 2.05) is 37.3 Å². The van der Waals surface area contributed by atoms with Gasteiger partial charge in [-0.2, -0.15) is 0 Å². The number of benzene rings is 2. The molecule has 3 rings (SSSR count). The van der Waals surface area contributed by atoms with Crippen molar-refractivity contribution >= 4 is 44.1 Å². The van der Waals surface area contributed by atoms with Crippen molar-refractivity contribution in [3.8, 4) is 16.9 Å². The quantitative estimate of drug-likeness (QED) is 0.517. The summed E-state index contributed by atoms with van der Waals surface area (Å²) in [6, 6.07) is 13.3. The molecule has 0 spiro atoms. The maximum Gasteiger partial charge on any atom is 0.265 e. The number of rotatable bonds is 6. The second-order valence-corrected chi connectivity index (χ2v) is 8.37. The van der Waals surface area contributed by atoms with Gasteiger partial charge in [-0.25, -0.2) is 4.39 Å². The summed E-state index contributed by atoms with van der Waals surface area (Å²) in [7, 11) is 0. The Kier molecular flexibility index (Phi) is 6.34. The minimum atomic E-state index is -0.889. The van der Waals surface area contributed by atoms with E-state index in [1.54, 1.807) is 6.92 Å². The van der Waals surface area contributed by atoms with Crippen molar-refractivity contribution in [1.82, 2.24) is 0 Å². The molecule has 2 aromatic carbocycles. The maximum absolute atomic E-state index is 13.2. The zero-order valence-electron chi connectivity index (χ0n) is 15.7. The number of aryl methyl sites for hydroxylation is 1. The molecule has 3 aromatic rings. The van der Waals surface area contributed by atoms with Crippen molar-refractivity contribution in [1.29, 1.82) is 0 Å². The van der Waals surface area contributed by atoms with Crippen molar-refractivity contribution in [2.75, 3.05) is 5.32 Å². The molecule has 0 bridgehead atoms. The summed E-state index contributed by atoms with van der Waals surface area (Å²) in [6.07, 6.45) is -0.889. The number of hydrogen-bond acceptors (Lipinski definition) is 4. The van der Waals surface area contributed by atoms with Crippen LogP contribution < -0.4 is 15.8 Å². The number of nitrogens with one attached hydrogen (secondary N) is 1. The van der Waals surface area contributed by atoms with E-state index in [0.29, 0.717) is 20.8 Å². The Morgan fingerprint density at radius 3 is 2.52 bits per heavy atom. The second kappa shape index (κ2) is 8.75. The molecule has 0 aliphatic heterocycles. The zero-order valence-corrected chi connectivity index (χ0v) is 18.1. The third-order valence-corrected chi connectivity index (χ3v) is 5.84. The Morgan fingerprint density at radius 1 is 1.21 bits per heavy atom. The number of amides is 2. The highest BCUT2D eigenvalue weighted by Gasteiger charge is 2.25. The lowest BCUT2D eigenvalue weighted by Crippen LogP contribution is -2.30. The van der Waals surface area contributed by atoms with Crippen LogP contribution in [-0.4, -0.2) is 17.9 Å². The van der Waals surface area contributed by atoms with Gasteiger partial charge >= 0.3 is 0 Å². The van der Waals surface area contributed by atoms with Crippen molar-refractivity contribution < 1.29 is 18.7 Å². The van der Waals surface area contributed by atoms with Crippen LogP contribution in [0.5, 0.6) is 5.75 Å². The Hall–Kier alpha value is -2.71. The van der Waals surface area contributed by atoms with Crippen LogP contribution in [0.4, 0.5) is 9.39 Å². The fourth-order valence-electron chi connectivity index (χ4n) is 2.85. The molecule has 5 nitrogen and oxygen atoms in total. The molecule has 29 heavy (non-hydrogen) atoms. The van der Waals surface area contributed by atoms with Gasteiger partial charge in [0.25, 0.3) is 11.8 Å². The van der Waals surface area contributed by atoms with Crippen LogP contribution in [0.25, 0.3) is 11.1 Å². The Bertz CT molecular complexity index is 1070. The first-order valence-corrected chi connectivity index (χ1v) is 10.3. The van der Waals surface area contributed by atoms with Crippen molar-refractivity contribution in [3.63, 3.8) is 0 Å². The molecule has 0 fully saturated rings. The van der Waals surface area contributed by atoms with Crippen molar-refractivity contribution in [3.05, 3.63) is 69.3 Å². The van der Waals surface area contributed by atoms with E-state index in [9.17, 15) is 14.0 Å². The Labute approximate surface area is 179 Å². The molecule has 1 unspecified atom stereocenters. The van der Waals surface area contributed by atoms with E-state index in [0.717, 1.165) is 10.4 Å². The number of nitrogens with two attached hydrogens (primary N) is 1. The molecule has 3 N–H and O–H groups in total. The molecule has 1 heterocycles. The van der Waals surface area contributed by atoms with E-state index in [2.05, 4.69) is 21.2 Å². The summed E-state index contributed by atoms with van der Waals surface area (Å²) in [5.41, 5.74) is 7.43. The fourth-order valence-corrected chi connectivity index (χ4v) is 4.38. The van der Waals surface area contributed by atoms with Crippen LogP contribution in [0, 0.1) is 12.7 Å². The van der Waals surface area contributed by atoms with E-state index >= 15 is 0 Å². The lowest BCUT2D eigenvalue weighted by Gasteiger charge is -2.15. The third kappa shape index (κ3) is 4.65. The van der Waals surface area contributed by atoms with Crippen molar-refractivity contribution in [2.24, 2.45) is 5.73 Å². The van der Waals surface area contributed by atoms with Crippen molar-refractivity contribution in [2.45, 2.75) is 20.0 Å². The predicted octanol–water partition coefficient (Wildman–Crippen LogP) is 5.13. The van der Waals surface area contributed by atoms with Crippen LogP contribution in [0.15, 0.2) is 53.0 Å². The van der Waals surface area contributed by atoms with Gasteiger partial charge < -0.3 is 15.8 Å². The largest absolute Gasteiger partial charge is 0.480 e. The topological polar surface area (TPSA) is 81.4 Å². The van der Waals surface area contributed by atoms with Gasteiger partial charge in [0.15, 0.2) is 6.10 Å². The van der Waals surface area contributed by atoms with Gasteiger partial charge in [-0.3, -0.25) is 9.59 Å². The summed E-state index contributed by atoms with van der Waals surface area (Å²) in [6.45, 7) is 3.43. The average molecular weight is 477 g/mol. The highest BCUT2D eigenvalue weighted by atomic mass is 79.9. The standard InChI is InChI=1S/C21H18BrFN2O3S/c1-11(28-16-9-8-14(23)10-15(16)22)20(27)25-21-18(19(24)26)17(12(2)29-21)13-6-4-3-5-7-13/h3-11H,1-2H3,(H2,24,26)(H,25,27). The number of ether oxygens (including phenoxy) is 1. The number of hydrogen-bond donors (Lipinski definition) is 2. The van der Waals surface area contributed by atoms with Gasteiger partial charge in [0.1, 0.15) is 16.6 Å². The molecule has 150 valence electrons. The number of primary amides is 1. The summed E-state index contributed by atoms with van der Waals surface area (Å²) in [4.78, 5) is 25.7. The molecular formula is C21H18BrFN2O3S. The summed E-state index contributed by atoms with van der Waals surface area (Å²) >= 11 is 4.48. The zero-order chi connectivity index (χ0) is 21.1. The van der Waals surface area contributed by atoms with E-state index < -0.39 is 23.7 Å². The Morgan fingerprint density at radius 2 is 1.90 bits per heavy atom. The van der Waals surface area contributed by atoms with E-state index in [1.165, 1.54) is 29.5 Å². The number of halogens is 2.